The molecule has 158 valence electrons. The molecular weight excluding hydrogens is 350 g/mol. The van der Waals surface area contributed by atoms with Gasteiger partial charge in [0.15, 0.2) is 0 Å². The Hall–Kier alpha value is -1.84. The molecule has 0 aliphatic rings. The molecule has 0 aromatic heterocycles. The summed E-state index contributed by atoms with van der Waals surface area (Å²) in [4.78, 5) is 22.6. The van der Waals surface area contributed by atoms with Crippen LogP contribution < -0.4 is 5.32 Å². The summed E-state index contributed by atoms with van der Waals surface area (Å²) >= 11 is 0. The van der Waals surface area contributed by atoms with Crippen molar-refractivity contribution < 1.29 is 14.3 Å². The molecule has 0 aliphatic carbocycles. The fraction of sp³-hybridized carbons (Fsp3) is 0.667. The molecule has 0 radical (unpaired) electrons. The SMILES string of the molecule is CCCCCCCCc1ccc(CCC(C)(CCOC(C)=O)NC(C)=O)cc1. The molecule has 1 unspecified atom stereocenters. The molecule has 1 aromatic carbocycles. The molecular formula is C24H39NO3. The molecule has 1 aromatic rings. The minimum Gasteiger partial charge on any atom is -0.466 e. The van der Waals surface area contributed by atoms with E-state index >= 15 is 0 Å². The van der Waals surface area contributed by atoms with Crippen molar-refractivity contribution in [2.24, 2.45) is 0 Å². The zero-order chi connectivity index (χ0) is 20.8. The van der Waals surface area contributed by atoms with Crippen molar-refractivity contribution in [2.45, 2.75) is 97.4 Å². The first-order chi connectivity index (χ1) is 13.3. The molecule has 4 nitrogen and oxygen atoms in total. The summed E-state index contributed by atoms with van der Waals surface area (Å²) in [5.74, 6) is -0.342. The van der Waals surface area contributed by atoms with E-state index in [9.17, 15) is 9.59 Å². The van der Waals surface area contributed by atoms with Gasteiger partial charge in [-0.25, -0.2) is 0 Å². The lowest BCUT2D eigenvalue weighted by Crippen LogP contribution is -2.46. The molecule has 0 spiro atoms. The topological polar surface area (TPSA) is 55.4 Å². The van der Waals surface area contributed by atoms with Crippen molar-refractivity contribution in [3.05, 3.63) is 35.4 Å². The van der Waals surface area contributed by atoms with Gasteiger partial charge in [0.05, 0.1) is 6.61 Å². The Balaban J connectivity index is 2.45. The minimum absolute atomic E-state index is 0.0559. The fourth-order valence-corrected chi connectivity index (χ4v) is 3.50. The summed E-state index contributed by atoms with van der Waals surface area (Å²) in [6.07, 6.45) is 11.4. The molecule has 4 heteroatoms. The Morgan fingerprint density at radius 3 is 2.04 bits per heavy atom. The van der Waals surface area contributed by atoms with E-state index < -0.39 is 0 Å². The second-order valence-electron chi connectivity index (χ2n) is 8.17. The van der Waals surface area contributed by atoms with Crippen LogP contribution in [0.15, 0.2) is 24.3 Å². The van der Waals surface area contributed by atoms with E-state index in [1.165, 1.54) is 63.5 Å². The maximum atomic E-state index is 11.6. The summed E-state index contributed by atoms with van der Waals surface area (Å²) in [5.41, 5.74) is 2.30. The van der Waals surface area contributed by atoms with E-state index in [0.29, 0.717) is 13.0 Å². The van der Waals surface area contributed by atoms with E-state index in [1.807, 2.05) is 6.92 Å². The molecule has 0 aliphatic heterocycles. The van der Waals surface area contributed by atoms with Gasteiger partial charge in [-0.2, -0.15) is 0 Å². The van der Waals surface area contributed by atoms with Gasteiger partial charge in [0.2, 0.25) is 5.91 Å². The van der Waals surface area contributed by atoms with Crippen LogP contribution >= 0.6 is 0 Å². The summed E-state index contributed by atoms with van der Waals surface area (Å²) < 4.78 is 5.06. The second-order valence-corrected chi connectivity index (χ2v) is 8.17. The van der Waals surface area contributed by atoms with E-state index in [-0.39, 0.29) is 17.4 Å². The number of carbonyl (C=O) groups is 2. The minimum atomic E-state index is -0.377. The van der Waals surface area contributed by atoms with E-state index in [4.69, 9.17) is 4.74 Å². The van der Waals surface area contributed by atoms with Gasteiger partial charge in [-0.1, -0.05) is 63.3 Å². The maximum absolute atomic E-state index is 11.6. The van der Waals surface area contributed by atoms with E-state index in [2.05, 4.69) is 36.5 Å². The Labute approximate surface area is 171 Å². The molecule has 28 heavy (non-hydrogen) atoms. The number of hydrogen-bond acceptors (Lipinski definition) is 3. The monoisotopic (exact) mass is 389 g/mol. The summed E-state index contributed by atoms with van der Waals surface area (Å²) in [6.45, 7) is 7.53. The van der Waals surface area contributed by atoms with Gasteiger partial charge in [-0.05, 0) is 43.7 Å². The Bertz CT molecular complexity index is 582. The maximum Gasteiger partial charge on any atom is 0.302 e. The molecule has 0 saturated carbocycles. The van der Waals surface area contributed by atoms with Crippen molar-refractivity contribution in [2.75, 3.05) is 6.61 Å². The molecule has 0 fully saturated rings. The van der Waals surface area contributed by atoms with E-state index in [1.54, 1.807) is 0 Å². The van der Waals surface area contributed by atoms with Crippen molar-refractivity contribution >= 4 is 11.9 Å². The van der Waals surface area contributed by atoms with Gasteiger partial charge in [-0.15, -0.1) is 0 Å². The first-order valence-corrected chi connectivity index (χ1v) is 10.8. The van der Waals surface area contributed by atoms with Gasteiger partial charge in [0.1, 0.15) is 0 Å². The van der Waals surface area contributed by atoms with Gasteiger partial charge < -0.3 is 10.1 Å². The highest BCUT2D eigenvalue weighted by Crippen LogP contribution is 2.20. The van der Waals surface area contributed by atoms with Crippen LogP contribution in [0.2, 0.25) is 0 Å². The number of unbranched alkanes of at least 4 members (excludes halogenated alkanes) is 5. The van der Waals surface area contributed by atoms with Crippen molar-refractivity contribution in [1.82, 2.24) is 5.32 Å². The molecule has 0 heterocycles. The van der Waals surface area contributed by atoms with Crippen LogP contribution in [0.25, 0.3) is 0 Å². The molecule has 1 atom stereocenters. The number of ether oxygens (including phenoxy) is 1. The first-order valence-electron chi connectivity index (χ1n) is 10.8. The zero-order valence-electron chi connectivity index (χ0n) is 18.3. The fourth-order valence-electron chi connectivity index (χ4n) is 3.50. The Morgan fingerprint density at radius 1 is 0.893 bits per heavy atom. The predicted molar refractivity (Wildman–Crippen MR) is 115 cm³/mol. The molecule has 1 N–H and O–H groups in total. The highest BCUT2D eigenvalue weighted by atomic mass is 16.5. The summed E-state index contributed by atoms with van der Waals surface area (Å²) in [7, 11) is 0. The smallest absolute Gasteiger partial charge is 0.302 e. The molecule has 1 amide bonds. The first kappa shape index (κ1) is 24.2. The summed E-state index contributed by atoms with van der Waals surface area (Å²) in [5, 5.41) is 3.03. The molecule has 1 rings (SSSR count). The quantitative estimate of drug-likeness (QED) is 0.344. The third-order valence-corrected chi connectivity index (χ3v) is 5.24. The Kier molecular flexibility index (Phi) is 11.5. The number of rotatable bonds is 14. The van der Waals surface area contributed by atoms with Crippen molar-refractivity contribution in [1.29, 1.82) is 0 Å². The number of nitrogens with one attached hydrogen (secondary N) is 1. The number of esters is 1. The predicted octanol–water partition coefficient (Wildman–Crippen LogP) is 5.37. The number of aryl methyl sites for hydroxylation is 2. The number of benzene rings is 1. The zero-order valence-corrected chi connectivity index (χ0v) is 18.3. The number of amides is 1. The highest BCUT2D eigenvalue weighted by molar-refractivity contribution is 5.73. The molecule has 0 saturated heterocycles. The second kappa shape index (κ2) is 13.4. The molecule has 0 bridgehead atoms. The normalized spacial score (nSPS) is 13.0. The third kappa shape index (κ3) is 11.1. The lowest BCUT2D eigenvalue weighted by Gasteiger charge is -2.30. The Morgan fingerprint density at radius 2 is 1.46 bits per heavy atom. The van der Waals surface area contributed by atoms with Crippen LogP contribution in [-0.4, -0.2) is 24.0 Å². The van der Waals surface area contributed by atoms with Crippen LogP contribution in [0.4, 0.5) is 0 Å². The van der Waals surface area contributed by atoms with Crippen LogP contribution in [0, 0.1) is 0 Å². The van der Waals surface area contributed by atoms with Gasteiger partial charge in [0.25, 0.3) is 0 Å². The highest BCUT2D eigenvalue weighted by Gasteiger charge is 2.25. The van der Waals surface area contributed by atoms with Gasteiger partial charge in [0, 0.05) is 25.8 Å². The lowest BCUT2D eigenvalue weighted by atomic mass is 9.89. The lowest BCUT2D eigenvalue weighted by molar-refractivity contribution is -0.141. The van der Waals surface area contributed by atoms with Crippen LogP contribution in [-0.2, 0) is 27.2 Å². The number of carbonyl (C=O) groups excluding carboxylic acids is 2. The summed E-state index contributed by atoms with van der Waals surface area (Å²) in [6, 6.07) is 8.87. The van der Waals surface area contributed by atoms with Crippen molar-refractivity contribution in [3.63, 3.8) is 0 Å². The largest absolute Gasteiger partial charge is 0.466 e. The average molecular weight is 390 g/mol. The standard InChI is InChI=1S/C24H39NO3/c1-5-6-7-8-9-10-11-22-12-14-23(15-13-22)16-17-24(4,25-20(2)26)18-19-28-21(3)27/h12-15H,5-11,16-19H2,1-4H3,(H,25,26). The third-order valence-electron chi connectivity index (χ3n) is 5.24. The van der Waals surface area contributed by atoms with Crippen LogP contribution in [0.1, 0.15) is 90.2 Å². The van der Waals surface area contributed by atoms with Gasteiger partial charge in [-0.3, -0.25) is 9.59 Å². The van der Waals surface area contributed by atoms with Crippen LogP contribution in [0.3, 0.4) is 0 Å². The van der Waals surface area contributed by atoms with Crippen molar-refractivity contribution in [3.8, 4) is 0 Å². The van der Waals surface area contributed by atoms with Crippen LogP contribution in [0.5, 0.6) is 0 Å². The number of hydrogen-bond donors (Lipinski definition) is 1. The van der Waals surface area contributed by atoms with Gasteiger partial charge >= 0.3 is 5.97 Å². The average Bonchev–Trinajstić information content (AvgIpc) is 2.63. The van der Waals surface area contributed by atoms with E-state index in [0.717, 1.165) is 19.3 Å².